The van der Waals surface area contributed by atoms with Gasteiger partial charge in [-0.25, -0.2) is 8.42 Å². The molecule has 0 saturated heterocycles. The molecule has 0 bridgehead atoms. The Morgan fingerprint density at radius 3 is 2.50 bits per heavy atom. The van der Waals surface area contributed by atoms with Crippen molar-refractivity contribution < 1.29 is 23.2 Å². The van der Waals surface area contributed by atoms with Crippen molar-refractivity contribution in [2.45, 2.75) is 10.9 Å². The van der Waals surface area contributed by atoms with Gasteiger partial charge in [0.05, 0.1) is 10.7 Å². The normalized spacial score (nSPS) is 12.9. The minimum Gasteiger partial charge on any atom is -0.480 e. The van der Waals surface area contributed by atoms with Gasteiger partial charge in [0.2, 0.25) is 0 Å². The summed E-state index contributed by atoms with van der Waals surface area (Å²) in [4.78, 5) is 19.8. The van der Waals surface area contributed by atoms with E-state index in [1.807, 2.05) is 0 Å². The van der Waals surface area contributed by atoms with Crippen LogP contribution in [0.25, 0.3) is 0 Å². The van der Waals surface area contributed by atoms with E-state index >= 15 is 0 Å². The third kappa shape index (κ3) is 3.02. The van der Waals surface area contributed by atoms with Crippen LogP contribution in [-0.2, 0) is 14.6 Å². The van der Waals surface area contributed by atoms with Gasteiger partial charge in [0.1, 0.15) is 10.9 Å². The van der Waals surface area contributed by atoms with Crippen molar-refractivity contribution >= 4 is 21.5 Å². The maximum atomic E-state index is 11.8. The second-order valence-electron chi connectivity index (χ2n) is 3.45. The van der Waals surface area contributed by atoms with Crippen molar-refractivity contribution in [3.8, 4) is 0 Å². The van der Waals surface area contributed by atoms with Crippen LogP contribution in [0.5, 0.6) is 0 Å². The molecule has 1 atom stereocenters. The predicted octanol–water partition coefficient (Wildman–Crippen LogP) is -0.220. The lowest BCUT2D eigenvalue weighted by Gasteiger charge is -2.08. The number of sulfone groups is 1. The smallest absolute Gasteiger partial charge is 0.321 e. The number of benzene rings is 1. The largest absolute Gasteiger partial charge is 0.480 e. The molecule has 8 nitrogen and oxygen atoms in total. The van der Waals surface area contributed by atoms with Crippen LogP contribution < -0.4 is 5.73 Å². The van der Waals surface area contributed by atoms with Gasteiger partial charge in [-0.1, -0.05) is 12.1 Å². The zero-order valence-electron chi connectivity index (χ0n) is 9.02. The number of carboxylic acid groups (broad SMARTS) is 1. The van der Waals surface area contributed by atoms with Gasteiger partial charge in [0, 0.05) is 6.07 Å². The summed E-state index contributed by atoms with van der Waals surface area (Å²) in [6.45, 7) is 0. The van der Waals surface area contributed by atoms with Crippen LogP contribution in [0.2, 0.25) is 0 Å². The Bertz CT molecular complexity index is 582. The molecule has 98 valence electrons. The Kier molecular flexibility index (Phi) is 3.99. The van der Waals surface area contributed by atoms with Gasteiger partial charge in [-0.2, -0.15) is 0 Å². The molecule has 1 rings (SSSR count). The highest BCUT2D eigenvalue weighted by Gasteiger charge is 2.29. The molecule has 18 heavy (non-hydrogen) atoms. The van der Waals surface area contributed by atoms with Crippen molar-refractivity contribution in [2.24, 2.45) is 5.73 Å². The van der Waals surface area contributed by atoms with Crippen LogP contribution in [-0.4, -0.2) is 36.2 Å². The van der Waals surface area contributed by atoms with Crippen LogP contribution in [0.3, 0.4) is 0 Å². The summed E-state index contributed by atoms with van der Waals surface area (Å²) in [5.41, 5.74) is 4.52. The zero-order valence-corrected chi connectivity index (χ0v) is 9.83. The number of nitro benzene ring substituents is 1. The lowest BCUT2D eigenvalue weighted by atomic mass is 10.3. The fourth-order valence-corrected chi connectivity index (χ4v) is 2.81. The first-order valence-electron chi connectivity index (χ1n) is 4.70. The number of rotatable bonds is 5. The highest BCUT2D eigenvalue weighted by Crippen LogP contribution is 2.24. The molecule has 0 spiro atoms. The summed E-state index contributed by atoms with van der Waals surface area (Å²) in [5.74, 6) is -2.38. The number of carbonyl (C=O) groups is 1. The Morgan fingerprint density at radius 2 is 2.00 bits per heavy atom. The molecule has 0 amide bonds. The summed E-state index contributed by atoms with van der Waals surface area (Å²) in [5, 5.41) is 19.2. The van der Waals surface area contributed by atoms with E-state index in [9.17, 15) is 23.3 Å². The van der Waals surface area contributed by atoms with Gasteiger partial charge < -0.3 is 10.8 Å². The predicted molar refractivity (Wildman–Crippen MR) is 60.8 cm³/mol. The fourth-order valence-electron chi connectivity index (χ4n) is 1.27. The first kappa shape index (κ1) is 14.1. The summed E-state index contributed by atoms with van der Waals surface area (Å²) in [7, 11) is -4.13. The first-order valence-corrected chi connectivity index (χ1v) is 6.35. The second kappa shape index (κ2) is 5.10. The SMILES string of the molecule is N[C@@H](CS(=O)(=O)c1ccccc1[N+](=O)[O-])C(=O)O. The zero-order chi connectivity index (χ0) is 13.9. The van der Waals surface area contributed by atoms with E-state index in [0.29, 0.717) is 0 Å². The van der Waals surface area contributed by atoms with Gasteiger partial charge in [0.25, 0.3) is 5.69 Å². The number of para-hydroxylation sites is 1. The van der Waals surface area contributed by atoms with E-state index in [4.69, 9.17) is 10.8 Å². The molecule has 0 fully saturated rings. The molecule has 0 aromatic heterocycles. The average molecular weight is 274 g/mol. The third-order valence-corrected chi connectivity index (χ3v) is 3.93. The van der Waals surface area contributed by atoms with E-state index in [1.165, 1.54) is 12.1 Å². The summed E-state index contributed by atoms with van der Waals surface area (Å²) in [6, 6.07) is 3.07. The third-order valence-electron chi connectivity index (χ3n) is 2.11. The van der Waals surface area contributed by atoms with Gasteiger partial charge >= 0.3 is 5.97 Å². The molecular weight excluding hydrogens is 264 g/mol. The van der Waals surface area contributed by atoms with Crippen molar-refractivity contribution in [2.75, 3.05) is 5.75 Å². The topological polar surface area (TPSA) is 141 Å². The molecule has 1 aromatic rings. The lowest BCUT2D eigenvalue weighted by molar-refractivity contribution is -0.387. The fraction of sp³-hybridized carbons (Fsp3) is 0.222. The number of nitrogens with two attached hydrogens (primary N) is 1. The average Bonchev–Trinajstić information content (AvgIpc) is 2.28. The first-order chi connectivity index (χ1) is 8.25. The number of nitrogens with zero attached hydrogens (tertiary/aromatic N) is 1. The molecule has 0 saturated carbocycles. The van der Waals surface area contributed by atoms with Gasteiger partial charge in [-0.3, -0.25) is 14.9 Å². The minimum absolute atomic E-state index is 0.535. The molecule has 0 radical (unpaired) electrons. The van der Waals surface area contributed by atoms with Crippen LogP contribution >= 0.6 is 0 Å². The maximum Gasteiger partial charge on any atom is 0.321 e. The number of hydrogen-bond donors (Lipinski definition) is 2. The van der Waals surface area contributed by atoms with E-state index in [-0.39, 0.29) is 0 Å². The number of nitro groups is 1. The van der Waals surface area contributed by atoms with E-state index < -0.39 is 43.1 Å². The quantitative estimate of drug-likeness (QED) is 0.558. The lowest BCUT2D eigenvalue weighted by Crippen LogP contribution is -2.37. The van der Waals surface area contributed by atoms with Crippen molar-refractivity contribution in [1.29, 1.82) is 0 Å². The summed E-state index contributed by atoms with van der Waals surface area (Å²) >= 11 is 0. The number of carboxylic acids is 1. The molecule has 9 heteroatoms. The summed E-state index contributed by atoms with van der Waals surface area (Å²) in [6.07, 6.45) is 0. The molecule has 3 N–H and O–H groups in total. The van der Waals surface area contributed by atoms with Gasteiger partial charge in [-0.05, 0) is 6.07 Å². The van der Waals surface area contributed by atoms with Gasteiger partial charge in [0.15, 0.2) is 9.84 Å². The molecule has 1 aromatic carbocycles. The van der Waals surface area contributed by atoms with E-state index in [1.54, 1.807) is 0 Å². The Balaban J connectivity index is 3.21. The van der Waals surface area contributed by atoms with Crippen LogP contribution in [0.4, 0.5) is 5.69 Å². The molecule has 0 heterocycles. The minimum atomic E-state index is -4.13. The highest BCUT2D eigenvalue weighted by atomic mass is 32.2. The van der Waals surface area contributed by atoms with Crippen LogP contribution in [0, 0.1) is 10.1 Å². The second-order valence-corrected chi connectivity index (χ2v) is 5.45. The Hall–Kier alpha value is -2.00. The van der Waals surface area contributed by atoms with Crippen molar-refractivity contribution in [3.63, 3.8) is 0 Å². The Labute approximate surface area is 102 Å². The molecule has 0 aliphatic rings. The van der Waals surface area contributed by atoms with Crippen molar-refractivity contribution in [1.82, 2.24) is 0 Å². The monoisotopic (exact) mass is 274 g/mol. The van der Waals surface area contributed by atoms with Crippen LogP contribution in [0.15, 0.2) is 29.2 Å². The molecule has 0 aliphatic heterocycles. The maximum absolute atomic E-state index is 11.8. The van der Waals surface area contributed by atoms with E-state index in [0.717, 1.165) is 12.1 Å². The van der Waals surface area contributed by atoms with Gasteiger partial charge in [-0.15, -0.1) is 0 Å². The number of aliphatic carboxylic acids is 1. The van der Waals surface area contributed by atoms with E-state index in [2.05, 4.69) is 0 Å². The molecule has 0 unspecified atom stereocenters. The Morgan fingerprint density at radius 1 is 1.44 bits per heavy atom. The molecular formula is C9H10N2O6S. The van der Waals surface area contributed by atoms with Crippen molar-refractivity contribution in [3.05, 3.63) is 34.4 Å². The summed E-state index contributed by atoms with van der Waals surface area (Å²) < 4.78 is 23.6. The number of hydrogen-bond acceptors (Lipinski definition) is 6. The van der Waals surface area contributed by atoms with Crippen LogP contribution in [0.1, 0.15) is 0 Å². The highest BCUT2D eigenvalue weighted by molar-refractivity contribution is 7.91. The molecule has 0 aliphatic carbocycles. The standard InChI is InChI=1S/C9H10N2O6S/c10-6(9(12)13)5-18(16,17)8-4-2-1-3-7(8)11(14)15/h1-4,6H,5,10H2,(H,12,13)/t6-/m0/s1.